The molecule has 112 valence electrons. The van der Waals surface area contributed by atoms with Crippen molar-refractivity contribution in [3.8, 4) is 0 Å². The molecule has 0 heterocycles. The van der Waals surface area contributed by atoms with Crippen LogP contribution in [0.5, 0.6) is 0 Å². The molecule has 21 heavy (non-hydrogen) atoms. The number of nitrogen functional groups attached to an aromatic ring is 1. The molecule has 2 aromatic rings. The molecule has 2 aromatic carbocycles. The average molecular weight is 285 g/mol. The third-order valence-electron chi connectivity index (χ3n) is 3.68. The molecule has 4 nitrogen and oxygen atoms in total. The number of rotatable bonds is 6. The number of aliphatic hydroxyl groups excluding tert-OH is 1. The predicted octanol–water partition coefficient (Wildman–Crippen LogP) is 2.72. The fraction of sp³-hybridized carbons (Fsp3) is 0.353. The van der Waals surface area contributed by atoms with Gasteiger partial charge in [0.05, 0.1) is 0 Å². The summed E-state index contributed by atoms with van der Waals surface area (Å²) in [5.41, 5.74) is 7.57. The first kappa shape index (κ1) is 15.3. The lowest BCUT2D eigenvalue weighted by Gasteiger charge is -2.30. The Morgan fingerprint density at radius 1 is 1.19 bits per heavy atom. The Bertz CT molecular complexity index is 637. The van der Waals surface area contributed by atoms with Crippen LogP contribution in [-0.4, -0.2) is 30.1 Å². The largest absolute Gasteiger partial charge is 0.396 e. The van der Waals surface area contributed by atoms with Crippen LogP contribution in [0, 0.1) is 5.41 Å². The molecular formula is C17H23N3O. The van der Waals surface area contributed by atoms with Crippen molar-refractivity contribution in [1.29, 1.82) is 5.41 Å². The van der Waals surface area contributed by atoms with Gasteiger partial charge in [0.15, 0.2) is 0 Å². The topological polar surface area (TPSA) is 73.3 Å². The zero-order chi connectivity index (χ0) is 15.4. The number of nitrogens with zero attached hydrogens (tertiary/aromatic N) is 1. The van der Waals surface area contributed by atoms with Gasteiger partial charge in [-0.15, -0.1) is 0 Å². The smallest absolute Gasteiger partial charge is 0.123 e. The first-order valence-corrected chi connectivity index (χ1v) is 7.30. The van der Waals surface area contributed by atoms with Crippen LogP contribution in [0.4, 0.5) is 5.69 Å². The Morgan fingerprint density at radius 2 is 1.86 bits per heavy atom. The highest BCUT2D eigenvalue weighted by atomic mass is 16.3. The lowest BCUT2D eigenvalue weighted by molar-refractivity contribution is 0.288. The van der Waals surface area contributed by atoms with E-state index in [0.29, 0.717) is 6.04 Å². The molecule has 0 aliphatic carbocycles. The average Bonchev–Trinajstić information content (AvgIpc) is 2.47. The Balaban J connectivity index is 2.58. The Hall–Kier alpha value is -2.07. The van der Waals surface area contributed by atoms with Crippen LogP contribution in [0.15, 0.2) is 36.4 Å². The normalized spacial score (nSPS) is 11.0. The van der Waals surface area contributed by atoms with Gasteiger partial charge >= 0.3 is 0 Å². The Morgan fingerprint density at radius 3 is 2.43 bits per heavy atom. The SMILES string of the molecule is CC(C)N(CCCO)c1ccc(C(=N)N)c2ccccc12. The molecule has 0 aliphatic heterocycles. The number of aliphatic hydroxyl groups is 1. The van der Waals surface area contributed by atoms with Gasteiger partial charge in [-0.1, -0.05) is 24.3 Å². The van der Waals surface area contributed by atoms with Gasteiger partial charge in [0, 0.05) is 35.8 Å². The van der Waals surface area contributed by atoms with Gasteiger partial charge in [-0.25, -0.2) is 0 Å². The molecule has 2 rings (SSSR count). The molecule has 0 aliphatic rings. The van der Waals surface area contributed by atoms with E-state index in [2.05, 4.69) is 24.8 Å². The van der Waals surface area contributed by atoms with Gasteiger partial charge in [0.25, 0.3) is 0 Å². The molecule has 0 saturated heterocycles. The van der Waals surface area contributed by atoms with Gasteiger partial charge in [0.2, 0.25) is 0 Å². The van der Waals surface area contributed by atoms with Crippen molar-refractivity contribution in [3.63, 3.8) is 0 Å². The first-order chi connectivity index (χ1) is 10.1. The van der Waals surface area contributed by atoms with E-state index >= 15 is 0 Å². The van der Waals surface area contributed by atoms with Crippen molar-refractivity contribution in [1.82, 2.24) is 0 Å². The van der Waals surface area contributed by atoms with E-state index in [-0.39, 0.29) is 12.4 Å². The molecule has 0 spiro atoms. The minimum atomic E-state index is 0.0872. The van der Waals surface area contributed by atoms with Crippen molar-refractivity contribution in [2.24, 2.45) is 5.73 Å². The quantitative estimate of drug-likeness (QED) is 0.564. The number of benzene rings is 2. The zero-order valence-corrected chi connectivity index (χ0v) is 12.6. The molecule has 0 radical (unpaired) electrons. The maximum Gasteiger partial charge on any atom is 0.123 e. The van der Waals surface area contributed by atoms with Gasteiger partial charge in [-0.2, -0.15) is 0 Å². The van der Waals surface area contributed by atoms with Crippen molar-refractivity contribution >= 4 is 22.3 Å². The second-order valence-electron chi connectivity index (χ2n) is 5.46. The van der Waals surface area contributed by atoms with Crippen molar-refractivity contribution in [2.75, 3.05) is 18.1 Å². The van der Waals surface area contributed by atoms with Crippen LogP contribution in [0.25, 0.3) is 10.8 Å². The van der Waals surface area contributed by atoms with Gasteiger partial charge < -0.3 is 15.7 Å². The Labute approximate surface area is 125 Å². The predicted molar refractivity (Wildman–Crippen MR) is 89.1 cm³/mol. The fourth-order valence-corrected chi connectivity index (χ4v) is 2.67. The molecule has 0 atom stereocenters. The number of amidine groups is 1. The number of anilines is 1. The van der Waals surface area contributed by atoms with Gasteiger partial charge in [0.1, 0.15) is 5.84 Å². The summed E-state index contributed by atoms with van der Waals surface area (Å²) in [5, 5.41) is 18.9. The zero-order valence-electron chi connectivity index (χ0n) is 12.6. The summed E-state index contributed by atoms with van der Waals surface area (Å²) in [6.07, 6.45) is 0.737. The molecule has 0 amide bonds. The number of fused-ring (bicyclic) bond motifs is 1. The Kier molecular flexibility index (Phi) is 4.81. The molecular weight excluding hydrogens is 262 g/mol. The van der Waals surface area contributed by atoms with E-state index in [1.807, 2.05) is 30.3 Å². The summed E-state index contributed by atoms with van der Waals surface area (Å²) in [5.74, 6) is 0.0872. The summed E-state index contributed by atoms with van der Waals surface area (Å²) in [4.78, 5) is 2.28. The van der Waals surface area contributed by atoms with Crippen LogP contribution in [0.1, 0.15) is 25.8 Å². The van der Waals surface area contributed by atoms with Crippen LogP contribution < -0.4 is 10.6 Å². The number of hydrogen-bond donors (Lipinski definition) is 3. The fourth-order valence-electron chi connectivity index (χ4n) is 2.67. The number of hydrogen-bond acceptors (Lipinski definition) is 3. The monoisotopic (exact) mass is 285 g/mol. The molecule has 0 bridgehead atoms. The van der Waals surface area contributed by atoms with E-state index in [9.17, 15) is 0 Å². The van der Waals surface area contributed by atoms with Gasteiger partial charge in [-0.05, 0) is 37.8 Å². The van der Waals surface area contributed by atoms with Crippen LogP contribution >= 0.6 is 0 Å². The molecule has 4 heteroatoms. The van der Waals surface area contributed by atoms with Crippen LogP contribution in [0.2, 0.25) is 0 Å². The maximum absolute atomic E-state index is 9.10. The van der Waals surface area contributed by atoms with Crippen LogP contribution in [0.3, 0.4) is 0 Å². The van der Waals surface area contributed by atoms with Crippen molar-refractivity contribution in [2.45, 2.75) is 26.3 Å². The van der Waals surface area contributed by atoms with E-state index in [4.69, 9.17) is 16.2 Å². The first-order valence-electron chi connectivity index (χ1n) is 7.30. The molecule has 0 saturated carbocycles. The second-order valence-corrected chi connectivity index (χ2v) is 5.46. The van der Waals surface area contributed by atoms with Crippen molar-refractivity contribution < 1.29 is 5.11 Å². The highest BCUT2D eigenvalue weighted by Crippen LogP contribution is 2.30. The lowest BCUT2D eigenvalue weighted by Crippen LogP contribution is -2.32. The summed E-state index contributed by atoms with van der Waals surface area (Å²) in [6.45, 7) is 5.28. The minimum absolute atomic E-state index is 0.0872. The highest BCUT2D eigenvalue weighted by Gasteiger charge is 2.15. The molecule has 0 fully saturated rings. The lowest BCUT2D eigenvalue weighted by atomic mass is 10.0. The molecule has 0 aromatic heterocycles. The maximum atomic E-state index is 9.10. The number of nitrogens with one attached hydrogen (secondary N) is 1. The van der Waals surface area contributed by atoms with E-state index in [1.54, 1.807) is 0 Å². The van der Waals surface area contributed by atoms with E-state index < -0.39 is 0 Å². The summed E-state index contributed by atoms with van der Waals surface area (Å²) < 4.78 is 0. The van der Waals surface area contributed by atoms with Crippen LogP contribution in [-0.2, 0) is 0 Å². The van der Waals surface area contributed by atoms with Gasteiger partial charge in [-0.3, -0.25) is 5.41 Å². The molecule has 4 N–H and O–H groups in total. The number of nitrogens with two attached hydrogens (primary N) is 1. The summed E-state index contributed by atoms with van der Waals surface area (Å²) in [6, 6.07) is 12.3. The summed E-state index contributed by atoms with van der Waals surface area (Å²) >= 11 is 0. The van der Waals surface area contributed by atoms with E-state index in [1.165, 1.54) is 0 Å². The third-order valence-corrected chi connectivity index (χ3v) is 3.68. The minimum Gasteiger partial charge on any atom is -0.396 e. The second kappa shape index (κ2) is 6.59. The summed E-state index contributed by atoms with van der Waals surface area (Å²) in [7, 11) is 0. The highest BCUT2D eigenvalue weighted by molar-refractivity contribution is 6.10. The third kappa shape index (κ3) is 3.16. The molecule has 0 unspecified atom stereocenters. The van der Waals surface area contributed by atoms with E-state index in [0.717, 1.165) is 35.0 Å². The standard InChI is InChI=1S/C17H23N3O/c1-12(2)20(10-5-11-21)16-9-8-15(17(18)19)13-6-3-4-7-14(13)16/h3-4,6-9,12,21H,5,10-11H2,1-2H3,(H3,18,19). The van der Waals surface area contributed by atoms with Crippen molar-refractivity contribution in [3.05, 3.63) is 42.0 Å².